The van der Waals surface area contributed by atoms with Gasteiger partial charge in [0.25, 0.3) is 5.91 Å². The number of carbonyl (C=O) groups excluding carboxylic acids is 1. The van der Waals surface area contributed by atoms with Gasteiger partial charge in [0.05, 0.1) is 12.3 Å². The molecule has 0 bridgehead atoms. The van der Waals surface area contributed by atoms with Crippen LogP contribution < -0.4 is 10.1 Å². The highest BCUT2D eigenvalue weighted by Gasteiger charge is 2.18. The predicted octanol–water partition coefficient (Wildman–Crippen LogP) is 3.34. The van der Waals surface area contributed by atoms with E-state index in [0.717, 1.165) is 0 Å². The fourth-order valence-electron chi connectivity index (χ4n) is 2.33. The van der Waals surface area contributed by atoms with Crippen LogP contribution in [0.1, 0.15) is 23.1 Å². The average Bonchev–Trinajstić information content (AvgIpc) is 2.84. The van der Waals surface area contributed by atoms with Crippen molar-refractivity contribution in [1.82, 2.24) is 14.4 Å². The molecule has 23 heavy (non-hydrogen) atoms. The van der Waals surface area contributed by atoms with Crippen molar-refractivity contribution in [2.75, 3.05) is 11.9 Å². The largest absolute Gasteiger partial charge is 0.490 e. The number of nitrogens with one attached hydrogen (secondary N) is 1. The Morgan fingerprint density at radius 1 is 1.43 bits per heavy atom. The molecule has 6 nitrogen and oxygen atoms in total. The Hall–Kier alpha value is -2.60. The minimum Gasteiger partial charge on any atom is -0.490 e. The number of hydrogen-bond donors (Lipinski definition) is 1. The first-order valence-electron chi connectivity index (χ1n) is 7.13. The van der Waals surface area contributed by atoms with E-state index in [2.05, 4.69) is 15.3 Å². The highest BCUT2D eigenvalue weighted by atomic mass is 35.5. The minimum atomic E-state index is -0.308. The number of amides is 1. The number of carbonyl (C=O) groups is 1. The first kappa shape index (κ1) is 15.3. The lowest BCUT2D eigenvalue weighted by atomic mass is 10.3. The van der Waals surface area contributed by atoms with E-state index in [9.17, 15) is 4.79 Å². The van der Waals surface area contributed by atoms with Crippen molar-refractivity contribution in [3.05, 3.63) is 53.1 Å². The Bertz CT molecular complexity index is 876. The summed E-state index contributed by atoms with van der Waals surface area (Å²) < 4.78 is 7.17. The lowest BCUT2D eigenvalue weighted by Crippen LogP contribution is -2.17. The molecule has 118 valence electrons. The second-order valence-electron chi connectivity index (χ2n) is 4.86. The van der Waals surface area contributed by atoms with E-state index >= 15 is 0 Å². The van der Waals surface area contributed by atoms with E-state index < -0.39 is 0 Å². The monoisotopic (exact) mass is 330 g/mol. The van der Waals surface area contributed by atoms with Gasteiger partial charge < -0.3 is 10.1 Å². The Morgan fingerprint density at radius 2 is 2.26 bits per heavy atom. The van der Waals surface area contributed by atoms with Crippen LogP contribution >= 0.6 is 11.6 Å². The summed E-state index contributed by atoms with van der Waals surface area (Å²) in [6.07, 6.45) is 3.31. The molecule has 0 saturated carbocycles. The summed E-state index contributed by atoms with van der Waals surface area (Å²) in [6, 6.07) is 6.92. The molecule has 0 spiro atoms. The van der Waals surface area contributed by atoms with Crippen molar-refractivity contribution in [3.8, 4) is 5.75 Å². The van der Waals surface area contributed by atoms with Gasteiger partial charge in [0.15, 0.2) is 11.6 Å². The van der Waals surface area contributed by atoms with Gasteiger partial charge in [-0.15, -0.1) is 0 Å². The average molecular weight is 331 g/mol. The van der Waals surface area contributed by atoms with Crippen LogP contribution in [-0.4, -0.2) is 26.9 Å². The lowest BCUT2D eigenvalue weighted by molar-refractivity contribution is 0.102. The van der Waals surface area contributed by atoms with Gasteiger partial charge in [-0.2, -0.15) is 0 Å². The first-order chi connectivity index (χ1) is 11.1. The Morgan fingerprint density at radius 3 is 3.04 bits per heavy atom. The summed E-state index contributed by atoms with van der Waals surface area (Å²) in [6.45, 7) is 4.14. The number of aryl methyl sites for hydroxylation is 1. The zero-order valence-corrected chi connectivity index (χ0v) is 13.5. The maximum absolute atomic E-state index is 12.7. The zero-order chi connectivity index (χ0) is 16.4. The standard InChI is InChI=1S/C16H15ClN4O2/c1-3-23-12-5-4-7-18-15(12)20-16(22)14-10(2)19-13-9-11(17)6-8-21(13)14/h4-9H,3H2,1-2H3,(H,18,20,22). The third-order valence-electron chi connectivity index (χ3n) is 3.28. The number of nitrogens with zero attached hydrogens (tertiary/aromatic N) is 3. The maximum Gasteiger partial charge on any atom is 0.275 e. The minimum absolute atomic E-state index is 0.308. The van der Waals surface area contributed by atoms with Gasteiger partial charge in [0.2, 0.25) is 0 Å². The van der Waals surface area contributed by atoms with Crippen molar-refractivity contribution in [2.24, 2.45) is 0 Å². The number of pyridine rings is 2. The molecule has 3 aromatic heterocycles. The molecular formula is C16H15ClN4O2. The Balaban J connectivity index is 1.97. The molecule has 0 fully saturated rings. The summed E-state index contributed by atoms with van der Waals surface area (Å²) in [5.41, 5.74) is 1.66. The van der Waals surface area contributed by atoms with Crippen LogP contribution in [-0.2, 0) is 0 Å². The molecule has 0 aliphatic rings. The predicted molar refractivity (Wildman–Crippen MR) is 88.3 cm³/mol. The number of rotatable bonds is 4. The molecular weight excluding hydrogens is 316 g/mol. The van der Waals surface area contributed by atoms with Crippen LogP contribution in [0.3, 0.4) is 0 Å². The molecule has 0 unspecified atom stereocenters. The number of halogens is 1. The second kappa shape index (κ2) is 6.26. The molecule has 0 radical (unpaired) electrons. The molecule has 3 rings (SSSR count). The molecule has 0 aliphatic carbocycles. The van der Waals surface area contributed by atoms with Crippen molar-refractivity contribution in [3.63, 3.8) is 0 Å². The van der Waals surface area contributed by atoms with Crippen molar-refractivity contribution in [1.29, 1.82) is 0 Å². The third kappa shape index (κ3) is 2.98. The van der Waals surface area contributed by atoms with Crippen molar-refractivity contribution < 1.29 is 9.53 Å². The molecule has 3 aromatic rings. The Labute approximate surface area is 138 Å². The maximum atomic E-state index is 12.7. The van der Waals surface area contributed by atoms with Crippen LogP contribution in [0.25, 0.3) is 5.65 Å². The number of imidazole rings is 1. The fraction of sp³-hybridized carbons (Fsp3) is 0.188. The molecule has 0 aliphatic heterocycles. The van der Waals surface area contributed by atoms with Gasteiger partial charge in [-0.3, -0.25) is 9.20 Å². The molecule has 1 amide bonds. The molecule has 1 N–H and O–H groups in total. The molecule has 0 atom stereocenters. The zero-order valence-electron chi connectivity index (χ0n) is 12.7. The molecule has 0 aromatic carbocycles. The van der Waals surface area contributed by atoms with Crippen LogP contribution in [0.4, 0.5) is 5.82 Å². The summed E-state index contributed by atoms with van der Waals surface area (Å²) in [5.74, 6) is 0.595. The van der Waals surface area contributed by atoms with Crippen molar-refractivity contribution in [2.45, 2.75) is 13.8 Å². The van der Waals surface area contributed by atoms with E-state index in [0.29, 0.717) is 40.2 Å². The van der Waals surface area contributed by atoms with Gasteiger partial charge >= 0.3 is 0 Å². The van der Waals surface area contributed by atoms with Crippen LogP contribution in [0.15, 0.2) is 36.7 Å². The number of fused-ring (bicyclic) bond motifs is 1. The van der Waals surface area contributed by atoms with Crippen LogP contribution in [0.5, 0.6) is 5.75 Å². The fourth-order valence-corrected chi connectivity index (χ4v) is 2.49. The number of anilines is 1. The second-order valence-corrected chi connectivity index (χ2v) is 5.29. The number of hydrogen-bond acceptors (Lipinski definition) is 4. The highest BCUT2D eigenvalue weighted by Crippen LogP contribution is 2.23. The van der Waals surface area contributed by atoms with Crippen molar-refractivity contribution >= 4 is 29.0 Å². The van der Waals surface area contributed by atoms with Gasteiger partial charge in [-0.1, -0.05) is 11.6 Å². The summed E-state index contributed by atoms with van der Waals surface area (Å²) in [5, 5.41) is 3.34. The summed E-state index contributed by atoms with van der Waals surface area (Å²) >= 11 is 5.96. The molecule has 7 heteroatoms. The van der Waals surface area contributed by atoms with E-state index in [1.807, 2.05) is 6.92 Å². The normalized spacial score (nSPS) is 10.7. The molecule has 0 saturated heterocycles. The number of aromatic nitrogens is 3. The topological polar surface area (TPSA) is 68.5 Å². The van der Waals surface area contributed by atoms with E-state index in [1.165, 1.54) is 0 Å². The summed E-state index contributed by atoms with van der Waals surface area (Å²) in [7, 11) is 0. The van der Waals surface area contributed by atoms with E-state index in [-0.39, 0.29) is 5.91 Å². The van der Waals surface area contributed by atoms with Gasteiger partial charge in [-0.05, 0) is 32.0 Å². The lowest BCUT2D eigenvalue weighted by Gasteiger charge is -2.10. The van der Waals surface area contributed by atoms with Crippen LogP contribution in [0, 0.1) is 6.92 Å². The van der Waals surface area contributed by atoms with Gasteiger partial charge in [0.1, 0.15) is 11.3 Å². The van der Waals surface area contributed by atoms with Crippen LogP contribution in [0.2, 0.25) is 5.02 Å². The quantitative estimate of drug-likeness (QED) is 0.796. The SMILES string of the molecule is CCOc1cccnc1NC(=O)c1c(C)nc2cc(Cl)ccn12. The van der Waals surface area contributed by atoms with E-state index in [1.54, 1.807) is 48.0 Å². The smallest absolute Gasteiger partial charge is 0.275 e. The number of ether oxygens (including phenoxy) is 1. The highest BCUT2D eigenvalue weighted by molar-refractivity contribution is 6.30. The Kier molecular flexibility index (Phi) is 4.16. The van der Waals surface area contributed by atoms with Gasteiger partial charge in [0, 0.05) is 23.5 Å². The summed E-state index contributed by atoms with van der Waals surface area (Å²) in [4.78, 5) is 21.2. The first-order valence-corrected chi connectivity index (χ1v) is 7.51. The molecule has 3 heterocycles. The van der Waals surface area contributed by atoms with E-state index in [4.69, 9.17) is 16.3 Å². The third-order valence-corrected chi connectivity index (χ3v) is 3.52. The van der Waals surface area contributed by atoms with Gasteiger partial charge in [-0.25, -0.2) is 9.97 Å².